The van der Waals surface area contributed by atoms with Crippen molar-refractivity contribution in [1.82, 2.24) is 4.98 Å². The van der Waals surface area contributed by atoms with Crippen molar-refractivity contribution in [3.63, 3.8) is 0 Å². The lowest BCUT2D eigenvalue weighted by Gasteiger charge is -1.88. The topological polar surface area (TPSA) is 54.2 Å². The molecule has 3 heteroatoms. The molecule has 1 rings (SSSR count). The standard InChI is InChI=1S/C9H13N3/c1-3-9-7(6-11-2)4-8(5-10)12-9/h3-4,6,12H,1,5,10H2,2H3. The van der Waals surface area contributed by atoms with Gasteiger partial charge in [0, 0.05) is 36.8 Å². The maximum Gasteiger partial charge on any atom is 0.0465 e. The molecule has 12 heavy (non-hydrogen) atoms. The summed E-state index contributed by atoms with van der Waals surface area (Å²) in [6, 6.07) is 1.98. The van der Waals surface area contributed by atoms with Gasteiger partial charge in [0.2, 0.25) is 0 Å². The maximum absolute atomic E-state index is 5.47. The van der Waals surface area contributed by atoms with Gasteiger partial charge >= 0.3 is 0 Å². The molecule has 0 fully saturated rings. The Kier molecular flexibility index (Phi) is 2.82. The molecule has 0 amide bonds. The van der Waals surface area contributed by atoms with Gasteiger partial charge in [-0.05, 0) is 12.1 Å². The average molecular weight is 163 g/mol. The van der Waals surface area contributed by atoms with Gasteiger partial charge in [0.25, 0.3) is 0 Å². The van der Waals surface area contributed by atoms with Crippen molar-refractivity contribution in [2.75, 3.05) is 7.05 Å². The van der Waals surface area contributed by atoms with Crippen molar-refractivity contribution in [2.45, 2.75) is 6.54 Å². The van der Waals surface area contributed by atoms with Gasteiger partial charge in [-0.1, -0.05) is 6.58 Å². The number of H-pyrrole nitrogens is 1. The van der Waals surface area contributed by atoms with Gasteiger partial charge in [-0.25, -0.2) is 0 Å². The molecule has 64 valence electrons. The van der Waals surface area contributed by atoms with E-state index in [4.69, 9.17) is 5.73 Å². The highest BCUT2D eigenvalue weighted by atomic mass is 14.8. The second-order valence-corrected chi connectivity index (χ2v) is 2.46. The second-order valence-electron chi connectivity index (χ2n) is 2.46. The van der Waals surface area contributed by atoms with Crippen LogP contribution < -0.4 is 5.73 Å². The van der Waals surface area contributed by atoms with E-state index in [1.807, 2.05) is 6.07 Å². The second kappa shape index (κ2) is 3.88. The summed E-state index contributed by atoms with van der Waals surface area (Å²) in [5.74, 6) is 0. The number of aromatic amines is 1. The zero-order valence-corrected chi connectivity index (χ0v) is 7.17. The SMILES string of the molecule is C=Cc1[nH]c(CN)cc1C=NC. The summed E-state index contributed by atoms with van der Waals surface area (Å²) < 4.78 is 0. The van der Waals surface area contributed by atoms with Crippen LogP contribution in [-0.4, -0.2) is 18.2 Å². The van der Waals surface area contributed by atoms with Crippen molar-refractivity contribution < 1.29 is 0 Å². The van der Waals surface area contributed by atoms with Crippen LogP contribution in [0.25, 0.3) is 6.08 Å². The fourth-order valence-corrected chi connectivity index (χ4v) is 1.07. The molecule has 0 aromatic carbocycles. The van der Waals surface area contributed by atoms with Gasteiger partial charge in [-0.2, -0.15) is 0 Å². The first kappa shape index (κ1) is 8.74. The normalized spacial score (nSPS) is 10.8. The molecule has 1 aromatic rings. The van der Waals surface area contributed by atoms with Crippen molar-refractivity contribution >= 4 is 12.3 Å². The van der Waals surface area contributed by atoms with Crippen molar-refractivity contribution in [2.24, 2.45) is 10.7 Å². The van der Waals surface area contributed by atoms with Gasteiger partial charge in [0.15, 0.2) is 0 Å². The highest BCUT2D eigenvalue weighted by Gasteiger charge is 2.00. The quantitative estimate of drug-likeness (QED) is 0.645. The molecule has 0 aliphatic carbocycles. The molecule has 1 heterocycles. The summed E-state index contributed by atoms with van der Waals surface area (Å²) >= 11 is 0. The lowest BCUT2D eigenvalue weighted by atomic mass is 10.2. The molecule has 0 aliphatic rings. The van der Waals surface area contributed by atoms with Gasteiger partial charge in [0.1, 0.15) is 0 Å². The zero-order valence-electron chi connectivity index (χ0n) is 7.17. The summed E-state index contributed by atoms with van der Waals surface area (Å²) in [5, 5.41) is 0. The summed E-state index contributed by atoms with van der Waals surface area (Å²) in [6.07, 6.45) is 3.54. The van der Waals surface area contributed by atoms with E-state index in [0.717, 1.165) is 17.0 Å². The molecule has 0 radical (unpaired) electrons. The fraction of sp³-hybridized carbons (Fsp3) is 0.222. The van der Waals surface area contributed by atoms with Crippen molar-refractivity contribution in [1.29, 1.82) is 0 Å². The van der Waals surface area contributed by atoms with E-state index in [0.29, 0.717) is 6.54 Å². The Morgan fingerprint density at radius 3 is 3.00 bits per heavy atom. The number of hydrogen-bond donors (Lipinski definition) is 2. The predicted octanol–water partition coefficient (Wildman–Crippen LogP) is 1.17. The third-order valence-corrected chi connectivity index (χ3v) is 1.63. The molecule has 0 bridgehead atoms. The minimum Gasteiger partial charge on any atom is -0.357 e. The van der Waals surface area contributed by atoms with Crippen LogP contribution in [0.15, 0.2) is 17.6 Å². The Hall–Kier alpha value is -1.35. The minimum atomic E-state index is 0.512. The van der Waals surface area contributed by atoms with E-state index < -0.39 is 0 Å². The van der Waals surface area contributed by atoms with Crippen LogP contribution in [-0.2, 0) is 6.54 Å². The average Bonchev–Trinajstić information content (AvgIpc) is 2.48. The first-order valence-corrected chi connectivity index (χ1v) is 3.78. The fourth-order valence-electron chi connectivity index (χ4n) is 1.07. The smallest absolute Gasteiger partial charge is 0.0465 e. The number of nitrogens with zero attached hydrogens (tertiary/aromatic N) is 1. The Labute approximate surface area is 72.0 Å². The zero-order chi connectivity index (χ0) is 8.97. The van der Waals surface area contributed by atoms with Crippen LogP contribution in [0, 0.1) is 0 Å². The van der Waals surface area contributed by atoms with Crippen LogP contribution in [0.5, 0.6) is 0 Å². The number of aliphatic imine (C=N–C) groups is 1. The molecule has 0 saturated carbocycles. The van der Waals surface area contributed by atoms with E-state index >= 15 is 0 Å². The van der Waals surface area contributed by atoms with Crippen LogP contribution in [0.1, 0.15) is 17.0 Å². The van der Waals surface area contributed by atoms with Crippen LogP contribution in [0.3, 0.4) is 0 Å². The van der Waals surface area contributed by atoms with E-state index in [2.05, 4.69) is 16.6 Å². The van der Waals surface area contributed by atoms with Crippen molar-refractivity contribution in [3.05, 3.63) is 29.6 Å². The number of hydrogen-bond acceptors (Lipinski definition) is 2. The highest BCUT2D eigenvalue weighted by molar-refractivity contribution is 5.84. The Morgan fingerprint density at radius 1 is 1.75 bits per heavy atom. The summed E-state index contributed by atoms with van der Waals surface area (Å²) in [7, 11) is 1.74. The van der Waals surface area contributed by atoms with Crippen molar-refractivity contribution in [3.8, 4) is 0 Å². The maximum atomic E-state index is 5.47. The number of nitrogens with two attached hydrogens (primary N) is 1. The molecule has 0 aliphatic heterocycles. The van der Waals surface area contributed by atoms with Gasteiger partial charge in [-0.3, -0.25) is 4.99 Å². The molecular weight excluding hydrogens is 150 g/mol. The van der Waals surface area contributed by atoms with Gasteiger partial charge in [-0.15, -0.1) is 0 Å². The van der Waals surface area contributed by atoms with Crippen LogP contribution >= 0.6 is 0 Å². The minimum absolute atomic E-state index is 0.512. The molecule has 3 N–H and O–H groups in total. The monoisotopic (exact) mass is 163 g/mol. The van der Waals surface area contributed by atoms with E-state index in [9.17, 15) is 0 Å². The molecule has 0 saturated heterocycles. The lowest BCUT2D eigenvalue weighted by molar-refractivity contribution is 1.01. The van der Waals surface area contributed by atoms with Gasteiger partial charge < -0.3 is 10.7 Å². The first-order valence-electron chi connectivity index (χ1n) is 3.78. The van der Waals surface area contributed by atoms with Crippen LogP contribution in [0.2, 0.25) is 0 Å². The molecule has 3 nitrogen and oxygen atoms in total. The summed E-state index contributed by atoms with van der Waals surface area (Å²) in [6.45, 7) is 4.20. The van der Waals surface area contributed by atoms with Gasteiger partial charge in [0.05, 0.1) is 0 Å². The largest absolute Gasteiger partial charge is 0.357 e. The first-order chi connectivity index (χ1) is 5.81. The molecular formula is C9H13N3. The molecule has 0 spiro atoms. The molecule has 0 unspecified atom stereocenters. The van der Waals surface area contributed by atoms with Crippen LogP contribution in [0.4, 0.5) is 0 Å². The molecule has 0 atom stereocenters. The van der Waals surface area contributed by atoms with E-state index in [1.165, 1.54) is 0 Å². The Morgan fingerprint density at radius 2 is 2.50 bits per heavy atom. The Bertz CT molecular complexity index is 297. The Balaban J connectivity index is 3.07. The number of rotatable bonds is 3. The highest BCUT2D eigenvalue weighted by Crippen LogP contribution is 2.09. The number of aromatic nitrogens is 1. The third-order valence-electron chi connectivity index (χ3n) is 1.63. The summed E-state index contributed by atoms with van der Waals surface area (Å²) in [5.41, 5.74) is 8.48. The van der Waals surface area contributed by atoms with E-state index in [-0.39, 0.29) is 0 Å². The summed E-state index contributed by atoms with van der Waals surface area (Å²) in [4.78, 5) is 7.06. The molecule has 1 aromatic heterocycles. The number of nitrogens with one attached hydrogen (secondary N) is 1. The predicted molar refractivity (Wildman–Crippen MR) is 52.3 cm³/mol. The van der Waals surface area contributed by atoms with E-state index in [1.54, 1.807) is 19.3 Å². The lowest BCUT2D eigenvalue weighted by Crippen LogP contribution is -1.95. The third kappa shape index (κ3) is 1.62.